The molecule has 19 heavy (non-hydrogen) atoms. The van der Waals surface area contributed by atoms with E-state index in [1.807, 2.05) is 25.1 Å². The van der Waals surface area contributed by atoms with E-state index >= 15 is 0 Å². The molecule has 0 aliphatic heterocycles. The third-order valence-electron chi connectivity index (χ3n) is 3.34. The molecule has 0 aromatic heterocycles. The van der Waals surface area contributed by atoms with Crippen molar-refractivity contribution in [3.05, 3.63) is 29.3 Å². The van der Waals surface area contributed by atoms with E-state index in [2.05, 4.69) is 20.8 Å². The Balaban J connectivity index is 2.91. The van der Waals surface area contributed by atoms with E-state index in [0.717, 1.165) is 23.3 Å². The van der Waals surface area contributed by atoms with Gasteiger partial charge >= 0.3 is 0 Å². The maximum absolute atomic E-state index is 9.66. The van der Waals surface area contributed by atoms with Crippen molar-refractivity contribution in [1.82, 2.24) is 0 Å². The van der Waals surface area contributed by atoms with Crippen molar-refractivity contribution in [2.24, 2.45) is 0 Å². The first-order valence-electron chi connectivity index (χ1n) is 6.97. The van der Waals surface area contributed by atoms with E-state index in [0.29, 0.717) is 13.2 Å². The Morgan fingerprint density at radius 3 is 2.47 bits per heavy atom. The molecule has 1 aromatic rings. The van der Waals surface area contributed by atoms with Gasteiger partial charge in [0.15, 0.2) is 0 Å². The normalized spacial score (nSPS) is 13.4. The molecular weight excluding hydrogens is 240 g/mol. The van der Waals surface area contributed by atoms with E-state index in [1.165, 1.54) is 0 Å². The second-order valence-electron chi connectivity index (χ2n) is 5.38. The fourth-order valence-electron chi connectivity index (χ4n) is 1.64. The molecule has 1 rings (SSSR count). The van der Waals surface area contributed by atoms with Crippen molar-refractivity contribution in [3.63, 3.8) is 0 Å². The van der Waals surface area contributed by atoms with Gasteiger partial charge in [0, 0.05) is 5.56 Å². The van der Waals surface area contributed by atoms with Gasteiger partial charge in [-0.25, -0.2) is 0 Å². The van der Waals surface area contributed by atoms with Crippen LogP contribution in [0.4, 0.5) is 0 Å². The number of rotatable bonds is 7. The first-order valence-corrected chi connectivity index (χ1v) is 6.97. The Labute approximate surface area is 116 Å². The highest BCUT2D eigenvalue weighted by Gasteiger charge is 2.17. The maximum atomic E-state index is 9.66. The number of aliphatic hydroxyl groups is 1. The topological polar surface area (TPSA) is 38.7 Å². The van der Waals surface area contributed by atoms with E-state index in [9.17, 15) is 5.11 Å². The zero-order valence-corrected chi connectivity index (χ0v) is 12.7. The molecule has 1 atom stereocenters. The van der Waals surface area contributed by atoms with Gasteiger partial charge in [-0.1, -0.05) is 13.0 Å². The van der Waals surface area contributed by atoms with Gasteiger partial charge in [0.05, 0.1) is 24.9 Å². The SMILES string of the molecule is CCOc1ccc(C(C)O)cc1COC(C)(C)CC. The van der Waals surface area contributed by atoms with Gasteiger partial charge in [-0.15, -0.1) is 0 Å². The average Bonchev–Trinajstić information content (AvgIpc) is 2.37. The van der Waals surface area contributed by atoms with Gasteiger partial charge in [-0.3, -0.25) is 0 Å². The Kier molecular flexibility index (Phi) is 5.83. The number of ether oxygens (including phenoxy) is 2. The van der Waals surface area contributed by atoms with E-state index in [4.69, 9.17) is 9.47 Å². The van der Waals surface area contributed by atoms with E-state index < -0.39 is 6.10 Å². The molecular formula is C16H26O3. The van der Waals surface area contributed by atoms with Crippen molar-refractivity contribution in [1.29, 1.82) is 0 Å². The quantitative estimate of drug-likeness (QED) is 0.815. The number of aliphatic hydroxyl groups excluding tert-OH is 1. The number of hydrogen-bond donors (Lipinski definition) is 1. The van der Waals surface area contributed by atoms with Crippen LogP contribution in [0.25, 0.3) is 0 Å². The Hall–Kier alpha value is -1.06. The molecule has 0 spiro atoms. The summed E-state index contributed by atoms with van der Waals surface area (Å²) < 4.78 is 11.5. The summed E-state index contributed by atoms with van der Waals surface area (Å²) in [4.78, 5) is 0. The van der Waals surface area contributed by atoms with Crippen LogP contribution in [-0.2, 0) is 11.3 Å². The van der Waals surface area contributed by atoms with Crippen molar-refractivity contribution >= 4 is 0 Å². The lowest BCUT2D eigenvalue weighted by Crippen LogP contribution is -2.22. The van der Waals surface area contributed by atoms with E-state index in [1.54, 1.807) is 6.92 Å². The second-order valence-corrected chi connectivity index (χ2v) is 5.38. The summed E-state index contributed by atoms with van der Waals surface area (Å²) >= 11 is 0. The molecule has 0 heterocycles. The Morgan fingerprint density at radius 1 is 1.26 bits per heavy atom. The molecule has 0 amide bonds. The fourth-order valence-corrected chi connectivity index (χ4v) is 1.64. The van der Waals surface area contributed by atoms with Gasteiger partial charge < -0.3 is 14.6 Å². The Morgan fingerprint density at radius 2 is 1.95 bits per heavy atom. The molecule has 0 saturated heterocycles. The molecule has 0 aliphatic carbocycles. The molecule has 108 valence electrons. The average molecular weight is 266 g/mol. The zero-order valence-electron chi connectivity index (χ0n) is 12.7. The van der Waals surface area contributed by atoms with Crippen molar-refractivity contribution in [3.8, 4) is 5.75 Å². The monoisotopic (exact) mass is 266 g/mol. The summed E-state index contributed by atoms with van der Waals surface area (Å²) in [6, 6.07) is 5.76. The lowest BCUT2D eigenvalue weighted by atomic mass is 10.0. The Bertz CT molecular complexity index is 397. The first-order chi connectivity index (χ1) is 8.89. The van der Waals surface area contributed by atoms with Crippen LogP contribution in [0.5, 0.6) is 5.75 Å². The molecule has 3 nitrogen and oxygen atoms in total. The molecule has 0 radical (unpaired) electrons. The molecule has 0 aliphatic rings. The largest absolute Gasteiger partial charge is 0.494 e. The smallest absolute Gasteiger partial charge is 0.124 e. The second kappa shape index (κ2) is 6.92. The van der Waals surface area contributed by atoms with Crippen LogP contribution >= 0.6 is 0 Å². The lowest BCUT2D eigenvalue weighted by molar-refractivity contribution is -0.0323. The molecule has 1 unspecified atom stereocenters. The molecule has 3 heteroatoms. The fraction of sp³-hybridized carbons (Fsp3) is 0.625. The van der Waals surface area contributed by atoms with Crippen LogP contribution in [0.3, 0.4) is 0 Å². The van der Waals surface area contributed by atoms with Gasteiger partial charge in [0.2, 0.25) is 0 Å². The molecule has 0 fully saturated rings. The summed E-state index contributed by atoms with van der Waals surface area (Å²) in [7, 11) is 0. The molecule has 0 bridgehead atoms. The van der Waals surface area contributed by atoms with Gasteiger partial charge in [-0.2, -0.15) is 0 Å². The van der Waals surface area contributed by atoms with Crippen LogP contribution in [0, 0.1) is 0 Å². The zero-order chi connectivity index (χ0) is 14.5. The van der Waals surface area contributed by atoms with Crippen LogP contribution in [0.1, 0.15) is 58.3 Å². The number of benzene rings is 1. The maximum Gasteiger partial charge on any atom is 0.124 e. The predicted molar refractivity (Wildman–Crippen MR) is 77.4 cm³/mol. The lowest BCUT2D eigenvalue weighted by Gasteiger charge is -2.24. The van der Waals surface area contributed by atoms with Gasteiger partial charge in [-0.05, 0) is 51.8 Å². The van der Waals surface area contributed by atoms with Crippen LogP contribution in [0.15, 0.2) is 18.2 Å². The third kappa shape index (κ3) is 4.84. The summed E-state index contributed by atoms with van der Waals surface area (Å²) in [6.07, 6.45) is 0.473. The molecule has 1 aromatic carbocycles. The summed E-state index contributed by atoms with van der Waals surface area (Å²) in [5.41, 5.74) is 1.72. The summed E-state index contributed by atoms with van der Waals surface area (Å²) in [5, 5.41) is 9.66. The first kappa shape index (κ1) is 16.0. The highest BCUT2D eigenvalue weighted by Crippen LogP contribution is 2.26. The number of hydrogen-bond acceptors (Lipinski definition) is 3. The summed E-state index contributed by atoms with van der Waals surface area (Å²) in [6.45, 7) is 11.1. The standard InChI is InChI=1S/C16H26O3/c1-6-16(4,5)19-11-14-10-13(12(3)17)8-9-15(14)18-7-2/h8-10,12,17H,6-7,11H2,1-5H3. The summed E-state index contributed by atoms with van der Waals surface area (Å²) in [5.74, 6) is 0.832. The highest BCUT2D eigenvalue weighted by atomic mass is 16.5. The van der Waals surface area contributed by atoms with Crippen LogP contribution in [-0.4, -0.2) is 17.3 Å². The minimum atomic E-state index is -0.478. The minimum absolute atomic E-state index is 0.148. The molecule has 0 saturated carbocycles. The predicted octanol–water partition coefficient (Wildman–Crippen LogP) is 3.84. The van der Waals surface area contributed by atoms with Gasteiger partial charge in [0.1, 0.15) is 5.75 Å². The van der Waals surface area contributed by atoms with Crippen LogP contribution in [0.2, 0.25) is 0 Å². The highest BCUT2D eigenvalue weighted by molar-refractivity contribution is 5.37. The molecule has 1 N–H and O–H groups in total. The van der Waals surface area contributed by atoms with Crippen LogP contribution < -0.4 is 4.74 Å². The van der Waals surface area contributed by atoms with Crippen molar-refractivity contribution in [2.75, 3.05) is 6.61 Å². The van der Waals surface area contributed by atoms with Gasteiger partial charge in [0.25, 0.3) is 0 Å². The van der Waals surface area contributed by atoms with Crippen molar-refractivity contribution in [2.45, 2.75) is 59.4 Å². The minimum Gasteiger partial charge on any atom is -0.494 e. The third-order valence-corrected chi connectivity index (χ3v) is 3.34. The van der Waals surface area contributed by atoms with E-state index in [-0.39, 0.29) is 5.60 Å². The van der Waals surface area contributed by atoms with Crippen molar-refractivity contribution < 1.29 is 14.6 Å².